The molecular formula is C17H23N3S. The average molecular weight is 301 g/mol. The van der Waals surface area contributed by atoms with Crippen LogP contribution in [0.25, 0.3) is 0 Å². The molecule has 0 radical (unpaired) electrons. The Kier molecular flexibility index (Phi) is 4.66. The van der Waals surface area contributed by atoms with Crippen molar-refractivity contribution in [2.75, 3.05) is 6.54 Å². The lowest BCUT2D eigenvalue weighted by Crippen LogP contribution is -2.38. The molecule has 1 aliphatic heterocycles. The van der Waals surface area contributed by atoms with Gasteiger partial charge in [0.05, 0.1) is 6.20 Å². The van der Waals surface area contributed by atoms with E-state index in [9.17, 15) is 0 Å². The minimum atomic E-state index is 0.563. The molecule has 1 aromatic carbocycles. The van der Waals surface area contributed by atoms with Crippen molar-refractivity contribution < 1.29 is 0 Å². The molecule has 3 nitrogen and oxygen atoms in total. The van der Waals surface area contributed by atoms with Crippen LogP contribution in [0.1, 0.15) is 24.5 Å². The maximum atomic E-state index is 4.26. The summed E-state index contributed by atoms with van der Waals surface area (Å²) in [6.45, 7) is 3.23. The van der Waals surface area contributed by atoms with Crippen molar-refractivity contribution in [1.82, 2.24) is 15.1 Å². The van der Waals surface area contributed by atoms with Gasteiger partial charge < -0.3 is 5.32 Å². The Bertz CT molecular complexity index is 568. The fourth-order valence-electron chi connectivity index (χ4n) is 3.04. The molecule has 0 aliphatic carbocycles. The molecule has 0 saturated heterocycles. The third-order valence-electron chi connectivity index (χ3n) is 4.09. The zero-order chi connectivity index (χ0) is 14.7. The maximum Gasteiger partial charge on any atom is 0.0521 e. The zero-order valence-electron chi connectivity index (χ0n) is 12.7. The molecule has 1 aromatic heterocycles. The van der Waals surface area contributed by atoms with Gasteiger partial charge in [0.1, 0.15) is 0 Å². The SMILES string of the molecule is CCNC(CCc1cnn(C)c1)C1Cc2ccccc2S1. The lowest BCUT2D eigenvalue weighted by atomic mass is 10.00. The molecule has 0 spiro atoms. The Morgan fingerprint density at radius 1 is 1.43 bits per heavy atom. The fraction of sp³-hybridized carbons (Fsp3) is 0.471. The van der Waals surface area contributed by atoms with E-state index in [-0.39, 0.29) is 0 Å². The Balaban J connectivity index is 1.63. The molecule has 2 heterocycles. The van der Waals surface area contributed by atoms with Gasteiger partial charge in [-0.25, -0.2) is 0 Å². The lowest BCUT2D eigenvalue weighted by Gasteiger charge is -2.23. The predicted molar refractivity (Wildman–Crippen MR) is 88.8 cm³/mol. The zero-order valence-corrected chi connectivity index (χ0v) is 13.6. The van der Waals surface area contributed by atoms with Gasteiger partial charge in [0.15, 0.2) is 0 Å². The summed E-state index contributed by atoms with van der Waals surface area (Å²) in [5.41, 5.74) is 2.85. The first-order valence-electron chi connectivity index (χ1n) is 7.71. The molecule has 21 heavy (non-hydrogen) atoms. The maximum absolute atomic E-state index is 4.26. The van der Waals surface area contributed by atoms with Crippen LogP contribution in [0.5, 0.6) is 0 Å². The second-order valence-corrected chi connectivity index (χ2v) is 6.97. The summed E-state index contributed by atoms with van der Waals surface area (Å²) in [4.78, 5) is 1.46. The number of hydrogen-bond acceptors (Lipinski definition) is 3. The summed E-state index contributed by atoms with van der Waals surface area (Å²) in [5.74, 6) is 0. The fourth-order valence-corrected chi connectivity index (χ4v) is 4.48. The van der Waals surface area contributed by atoms with Gasteiger partial charge in [-0.2, -0.15) is 5.10 Å². The van der Waals surface area contributed by atoms with Crippen molar-refractivity contribution in [3.05, 3.63) is 47.8 Å². The van der Waals surface area contributed by atoms with Crippen LogP contribution in [0.15, 0.2) is 41.6 Å². The highest BCUT2D eigenvalue weighted by Crippen LogP contribution is 2.39. The van der Waals surface area contributed by atoms with E-state index in [0.29, 0.717) is 11.3 Å². The monoisotopic (exact) mass is 301 g/mol. The van der Waals surface area contributed by atoms with Gasteiger partial charge in [-0.15, -0.1) is 11.8 Å². The largest absolute Gasteiger partial charge is 0.313 e. The summed E-state index contributed by atoms with van der Waals surface area (Å²) in [6.07, 6.45) is 7.56. The normalized spacial score (nSPS) is 18.7. The summed E-state index contributed by atoms with van der Waals surface area (Å²) < 4.78 is 1.89. The van der Waals surface area contributed by atoms with Gasteiger partial charge >= 0.3 is 0 Å². The Hall–Kier alpha value is -1.26. The second-order valence-electron chi connectivity index (χ2n) is 5.69. The number of rotatable bonds is 6. The Labute approximate surface area is 131 Å². The standard InChI is InChI=1S/C17H23N3S/c1-3-18-15(9-8-13-11-19-20(2)12-13)17-10-14-6-4-5-7-16(14)21-17/h4-7,11-12,15,17-18H,3,8-10H2,1-2H3. The number of aromatic nitrogens is 2. The molecule has 4 heteroatoms. The Morgan fingerprint density at radius 3 is 3.00 bits per heavy atom. The number of hydrogen-bond donors (Lipinski definition) is 1. The minimum absolute atomic E-state index is 0.563. The molecule has 0 fully saturated rings. The summed E-state index contributed by atoms with van der Waals surface area (Å²) in [7, 11) is 1.98. The summed E-state index contributed by atoms with van der Waals surface area (Å²) in [5, 5.41) is 8.60. The van der Waals surface area contributed by atoms with Crippen LogP contribution in [0.4, 0.5) is 0 Å². The van der Waals surface area contributed by atoms with Crippen molar-refractivity contribution in [2.24, 2.45) is 7.05 Å². The number of fused-ring (bicyclic) bond motifs is 1. The van der Waals surface area contributed by atoms with Gasteiger partial charge in [0, 0.05) is 29.4 Å². The molecule has 1 aliphatic rings. The topological polar surface area (TPSA) is 29.9 Å². The van der Waals surface area contributed by atoms with Crippen molar-refractivity contribution >= 4 is 11.8 Å². The molecule has 3 rings (SSSR count). The first-order valence-corrected chi connectivity index (χ1v) is 8.59. The highest BCUT2D eigenvalue weighted by molar-refractivity contribution is 8.00. The van der Waals surface area contributed by atoms with Crippen molar-refractivity contribution in [3.63, 3.8) is 0 Å². The highest BCUT2D eigenvalue weighted by Gasteiger charge is 2.28. The van der Waals surface area contributed by atoms with E-state index in [1.165, 1.54) is 28.9 Å². The highest BCUT2D eigenvalue weighted by atomic mass is 32.2. The molecule has 1 N–H and O–H groups in total. The van der Waals surface area contributed by atoms with Crippen molar-refractivity contribution in [1.29, 1.82) is 0 Å². The molecule has 2 unspecified atom stereocenters. The third-order valence-corrected chi connectivity index (χ3v) is 5.54. The van der Waals surface area contributed by atoms with E-state index in [1.807, 2.05) is 29.7 Å². The van der Waals surface area contributed by atoms with Crippen LogP contribution in [-0.2, 0) is 19.9 Å². The summed E-state index contributed by atoms with van der Waals surface area (Å²) >= 11 is 2.04. The van der Waals surface area contributed by atoms with Crippen LogP contribution in [0.2, 0.25) is 0 Å². The van der Waals surface area contributed by atoms with E-state index in [0.717, 1.165) is 13.0 Å². The van der Waals surface area contributed by atoms with Gasteiger partial charge in [-0.1, -0.05) is 25.1 Å². The lowest BCUT2D eigenvalue weighted by molar-refractivity contribution is 0.478. The van der Waals surface area contributed by atoms with E-state index < -0.39 is 0 Å². The van der Waals surface area contributed by atoms with E-state index in [2.05, 4.69) is 47.8 Å². The molecule has 2 atom stereocenters. The van der Waals surface area contributed by atoms with E-state index >= 15 is 0 Å². The van der Waals surface area contributed by atoms with Crippen LogP contribution in [0, 0.1) is 0 Å². The molecule has 0 amide bonds. The molecule has 2 aromatic rings. The van der Waals surface area contributed by atoms with E-state index in [4.69, 9.17) is 0 Å². The quantitative estimate of drug-likeness (QED) is 0.889. The van der Waals surface area contributed by atoms with Crippen LogP contribution in [-0.4, -0.2) is 27.6 Å². The second kappa shape index (κ2) is 6.67. The number of nitrogens with one attached hydrogen (secondary N) is 1. The number of thioether (sulfide) groups is 1. The number of benzene rings is 1. The van der Waals surface area contributed by atoms with Crippen LogP contribution in [0.3, 0.4) is 0 Å². The average Bonchev–Trinajstić information content (AvgIpc) is 3.09. The van der Waals surface area contributed by atoms with Gasteiger partial charge in [-0.05, 0) is 43.0 Å². The van der Waals surface area contributed by atoms with Gasteiger partial charge in [0.25, 0.3) is 0 Å². The van der Waals surface area contributed by atoms with Gasteiger partial charge in [-0.3, -0.25) is 4.68 Å². The van der Waals surface area contributed by atoms with E-state index in [1.54, 1.807) is 0 Å². The van der Waals surface area contributed by atoms with Crippen molar-refractivity contribution in [3.8, 4) is 0 Å². The van der Waals surface area contributed by atoms with Crippen LogP contribution < -0.4 is 5.32 Å². The first kappa shape index (κ1) is 14.7. The summed E-state index contributed by atoms with van der Waals surface area (Å²) in [6, 6.07) is 9.38. The first-order chi connectivity index (χ1) is 10.3. The number of aryl methyl sites for hydroxylation is 2. The van der Waals surface area contributed by atoms with Crippen LogP contribution >= 0.6 is 11.8 Å². The molecule has 0 bridgehead atoms. The number of nitrogens with zero attached hydrogens (tertiary/aromatic N) is 2. The van der Waals surface area contributed by atoms with Crippen molar-refractivity contribution in [2.45, 2.75) is 42.4 Å². The Morgan fingerprint density at radius 2 is 2.29 bits per heavy atom. The molecule has 0 saturated carbocycles. The molecule has 112 valence electrons. The molecular weight excluding hydrogens is 278 g/mol. The third kappa shape index (κ3) is 3.50. The minimum Gasteiger partial charge on any atom is -0.313 e. The smallest absolute Gasteiger partial charge is 0.0521 e. The van der Waals surface area contributed by atoms with Gasteiger partial charge in [0.2, 0.25) is 0 Å². The predicted octanol–water partition coefficient (Wildman–Crippen LogP) is 3.05.